The quantitative estimate of drug-likeness (QED) is 0.693. The highest BCUT2D eigenvalue weighted by Gasteiger charge is 2.34. The van der Waals surface area contributed by atoms with Gasteiger partial charge in [-0.25, -0.2) is 9.97 Å². The molecule has 1 aliphatic rings. The molecule has 0 radical (unpaired) electrons. The molecule has 2 atom stereocenters. The van der Waals surface area contributed by atoms with E-state index in [0.717, 1.165) is 23.6 Å². The van der Waals surface area contributed by atoms with Gasteiger partial charge in [-0.2, -0.15) is 0 Å². The first-order chi connectivity index (χ1) is 10.4. The van der Waals surface area contributed by atoms with Crippen molar-refractivity contribution >= 4 is 18.3 Å². The number of aryl methyl sites for hydroxylation is 2. The molecule has 0 spiro atoms. The maximum atomic E-state index is 11.1. The van der Waals surface area contributed by atoms with Crippen molar-refractivity contribution in [3.8, 4) is 0 Å². The van der Waals surface area contributed by atoms with Crippen molar-refractivity contribution in [2.45, 2.75) is 38.8 Å². The summed E-state index contributed by atoms with van der Waals surface area (Å²) in [7, 11) is 1.84. The zero-order valence-corrected chi connectivity index (χ0v) is 13.0. The van der Waals surface area contributed by atoms with Crippen LogP contribution in [0.5, 0.6) is 0 Å². The molecule has 0 saturated carbocycles. The molecule has 1 aliphatic heterocycles. The Balaban J connectivity index is 0.000000745. The van der Waals surface area contributed by atoms with Crippen LogP contribution in [0.15, 0.2) is 6.20 Å². The molecule has 1 aromatic rings. The number of nitrogens with one attached hydrogen (secondary N) is 1. The summed E-state index contributed by atoms with van der Waals surface area (Å²) in [4.78, 5) is 29.9. The number of carboxylic acids is 1. The normalized spacial score (nSPS) is 20.9. The standard InChI is InChI=1S/C13H20N4O2.CH2O2/c1-4-9-6-14-8(2)15-12(9)16-10-5-11(13(18)19)17(3)7-10;2-1-3/h6,10-11H,4-5,7H2,1-3H3,(H,18,19)(H,14,15,16);1H,(H,2,3)/t10-,11+;/m1./s1. The fourth-order valence-electron chi connectivity index (χ4n) is 2.46. The average molecular weight is 310 g/mol. The molecule has 0 aliphatic carbocycles. The molecule has 0 unspecified atom stereocenters. The molecule has 122 valence electrons. The largest absolute Gasteiger partial charge is 0.483 e. The van der Waals surface area contributed by atoms with Gasteiger partial charge in [0.05, 0.1) is 0 Å². The number of carboxylic acid groups (broad SMARTS) is 2. The highest BCUT2D eigenvalue weighted by atomic mass is 16.4. The van der Waals surface area contributed by atoms with Gasteiger partial charge in [-0.3, -0.25) is 14.5 Å². The summed E-state index contributed by atoms with van der Waals surface area (Å²) < 4.78 is 0. The minimum Gasteiger partial charge on any atom is -0.483 e. The number of likely N-dealkylation sites (tertiary alicyclic amines) is 1. The van der Waals surface area contributed by atoms with Crippen LogP contribution >= 0.6 is 0 Å². The van der Waals surface area contributed by atoms with E-state index in [1.54, 1.807) is 0 Å². The fourth-order valence-corrected chi connectivity index (χ4v) is 2.46. The second kappa shape index (κ2) is 8.28. The van der Waals surface area contributed by atoms with Crippen molar-refractivity contribution in [1.29, 1.82) is 0 Å². The molecule has 0 aromatic carbocycles. The molecule has 1 fully saturated rings. The second-order valence-electron chi connectivity index (χ2n) is 5.12. The molecule has 8 nitrogen and oxygen atoms in total. The van der Waals surface area contributed by atoms with Crippen molar-refractivity contribution in [1.82, 2.24) is 14.9 Å². The lowest BCUT2D eigenvalue weighted by molar-refractivity contribution is -0.141. The molecule has 3 N–H and O–H groups in total. The Morgan fingerprint density at radius 2 is 2.23 bits per heavy atom. The van der Waals surface area contributed by atoms with Crippen molar-refractivity contribution in [2.75, 3.05) is 18.9 Å². The van der Waals surface area contributed by atoms with Gasteiger partial charge in [0.15, 0.2) is 0 Å². The highest BCUT2D eigenvalue weighted by Crippen LogP contribution is 2.21. The monoisotopic (exact) mass is 310 g/mol. The molecule has 8 heteroatoms. The van der Waals surface area contributed by atoms with Crippen LogP contribution in [0.25, 0.3) is 0 Å². The molecule has 2 heterocycles. The Labute approximate surface area is 129 Å². The first-order valence-corrected chi connectivity index (χ1v) is 7.02. The molecular formula is C14H22N4O4. The van der Waals surface area contributed by atoms with Gasteiger partial charge >= 0.3 is 5.97 Å². The molecule has 0 bridgehead atoms. The van der Waals surface area contributed by atoms with Crippen LogP contribution in [0.3, 0.4) is 0 Å². The van der Waals surface area contributed by atoms with Gasteiger partial charge in [-0.1, -0.05) is 6.92 Å². The lowest BCUT2D eigenvalue weighted by Gasteiger charge is -2.16. The van der Waals surface area contributed by atoms with E-state index in [-0.39, 0.29) is 12.5 Å². The molecule has 22 heavy (non-hydrogen) atoms. The van der Waals surface area contributed by atoms with Gasteiger partial charge in [-0.05, 0) is 26.8 Å². The third-order valence-corrected chi connectivity index (χ3v) is 3.54. The SMILES string of the molecule is CCc1cnc(C)nc1N[C@@H]1C[C@@H](C(=O)O)N(C)C1.O=CO. The predicted molar refractivity (Wildman–Crippen MR) is 80.9 cm³/mol. The van der Waals surface area contributed by atoms with Crippen LogP contribution in [0, 0.1) is 6.92 Å². The van der Waals surface area contributed by atoms with Gasteiger partial charge in [0.2, 0.25) is 0 Å². The van der Waals surface area contributed by atoms with Crippen LogP contribution < -0.4 is 5.32 Å². The smallest absolute Gasteiger partial charge is 0.320 e. The number of hydrogen-bond acceptors (Lipinski definition) is 6. The molecule has 0 amide bonds. The lowest BCUT2D eigenvalue weighted by atomic mass is 10.1. The van der Waals surface area contributed by atoms with Crippen LogP contribution in [0.1, 0.15) is 24.7 Å². The van der Waals surface area contributed by atoms with Gasteiger partial charge < -0.3 is 15.5 Å². The topological polar surface area (TPSA) is 116 Å². The van der Waals surface area contributed by atoms with E-state index in [4.69, 9.17) is 15.0 Å². The second-order valence-corrected chi connectivity index (χ2v) is 5.12. The number of carbonyl (C=O) groups is 2. The Bertz CT molecular complexity index is 524. The zero-order valence-electron chi connectivity index (χ0n) is 13.0. The predicted octanol–water partition coefficient (Wildman–Crippen LogP) is 0.617. The van der Waals surface area contributed by atoms with E-state index in [2.05, 4.69) is 22.2 Å². The lowest BCUT2D eigenvalue weighted by Crippen LogP contribution is -2.32. The van der Waals surface area contributed by atoms with Crippen LogP contribution in [0.2, 0.25) is 0 Å². The summed E-state index contributed by atoms with van der Waals surface area (Å²) in [5.41, 5.74) is 1.06. The maximum Gasteiger partial charge on any atom is 0.320 e. The van der Waals surface area contributed by atoms with Crippen LogP contribution in [0.4, 0.5) is 5.82 Å². The number of aromatic nitrogens is 2. The minimum absolute atomic E-state index is 0.116. The van der Waals surface area contributed by atoms with E-state index in [1.165, 1.54) is 0 Å². The third-order valence-electron chi connectivity index (χ3n) is 3.54. The third kappa shape index (κ3) is 4.66. The van der Waals surface area contributed by atoms with E-state index < -0.39 is 12.0 Å². The highest BCUT2D eigenvalue weighted by molar-refractivity contribution is 5.74. The number of anilines is 1. The molecule has 1 aromatic heterocycles. The van der Waals surface area contributed by atoms with E-state index in [1.807, 2.05) is 25.1 Å². The summed E-state index contributed by atoms with van der Waals surface area (Å²) in [5, 5.41) is 19.4. The molecule has 1 saturated heterocycles. The number of nitrogens with zero attached hydrogens (tertiary/aromatic N) is 3. The average Bonchev–Trinajstić information content (AvgIpc) is 2.81. The number of hydrogen-bond donors (Lipinski definition) is 3. The van der Waals surface area contributed by atoms with Gasteiger partial charge in [0.1, 0.15) is 17.7 Å². The van der Waals surface area contributed by atoms with Crippen molar-refractivity contribution < 1.29 is 19.8 Å². The van der Waals surface area contributed by atoms with Crippen LogP contribution in [-0.4, -0.2) is 63.2 Å². The summed E-state index contributed by atoms with van der Waals surface area (Å²) in [6, 6.07) is -0.295. The summed E-state index contributed by atoms with van der Waals surface area (Å²) in [6.07, 6.45) is 3.28. The van der Waals surface area contributed by atoms with E-state index in [9.17, 15) is 4.79 Å². The zero-order chi connectivity index (χ0) is 16.7. The Morgan fingerprint density at radius 1 is 1.59 bits per heavy atom. The first-order valence-electron chi connectivity index (χ1n) is 7.02. The minimum atomic E-state index is -0.763. The first kappa shape index (κ1) is 17.8. The molecular weight excluding hydrogens is 288 g/mol. The van der Waals surface area contributed by atoms with Crippen LogP contribution in [-0.2, 0) is 16.0 Å². The molecule has 2 rings (SSSR count). The fraction of sp³-hybridized carbons (Fsp3) is 0.571. The summed E-state index contributed by atoms with van der Waals surface area (Å²) in [5.74, 6) is 0.793. The Kier molecular flexibility index (Phi) is 6.71. The Hall–Kier alpha value is -2.22. The van der Waals surface area contributed by atoms with Crippen molar-refractivity contribution in [3.63, 3.8) is 0 Å². The number of aliphatic carboxylic acids is 1. The number of rotatable bonds is 4. The van der Waals surface area contributed by atoms with Gasteiger partial charge in [0.25, 0.3) is 6.47 Å². The van der Waals surface area contributed by atoms with E-state index >= 15 is 0 Å². The Morgan fingerprint density at radius 3 is 2.73 bits per heavy atom. The van der Waals surface area contributed by atoms with Gasteiger partial charge in [0, 0.05) is 24.3 Å². The summed E-state index contributed by atoms with van der Waals surface area (Å²) in [6.45, 7) is 4.37. The van der Waals surface area contributed by atoms with Crippen molar-refractivity contribution in [2.24, 2.45) is 0 Å². The number of likely N-dealkylation sites (N-methyl/N-ethyl adjacent to an activating group) is 1. The van der Waals surface area contributed by atoms with Gasteiger partial charge in [-0.15, -0.1) is 0 Å². The van der Waals surface area contributed by atoms with Crippen molar-refractivity contribution in [3.05, 3.63) is 17.6 Å². The van der Waals surface area contributed by atoms with E-state index in [0.29, 0.717) is 13.0 Å². The maximum absolute atomic E-state index is 11.1. The summed E-state index contributed by atoms with van der Waals surface area (Å²) >= 11 is 0.